The van der Waals surface area contributed by atoms with E-state index in [4.69, 9.17) is 0 Å². The minimum absolute atomic E-state index is 0.254. The van der Waals surface area contributed by atoms with Crippen molar-refractivity contribution < 1.29 is 10.2 Å². The first-order valence-corrected chi connectivity index (χ1v) is 4.99. The molecule has 2 nitrogen and oxygen atoms in total. The van der Waals surface area contributed by atoms with Gasteiger partial charge >= 0.3 is 0 Å². The van der Waals surface area contributed by atoms with Crippen LogP contribution >= 0.6 is 0 Å². The smallest absolute Gasteiger partial charge is 0.157 e. The first-order valence-electron chi connectivity index (χ1n) is 4.99. The first-order chi connectivity index (χ1) is 5.63. The fraction of sp³-hybridized carbons (Fsp3) is 1.00. The quantitative estimate of drug-likeness (QED) is 0.606. The van der Waals surface area contributed by atoms with Crippen LogP contribution in [0.3, 0.4) is 0 Å². The summed E-state index contributed by atoms with van der Waals surface area (Å²) in [6, 6.07) is 0. The molecule has 0 aromatic carbocycles. The second-order valence-corrected chi connectivity index (χ2v) is 3.55. The lowest BCUT2D eigenvalue weighted by Crippen LogP contribution is -2.33. The van der Waals surface area contributed by atoms with Crippen molar-refractivity contribution in [2.45, 2.75) is 59.2 Å². The van der Waals surface area contributed by atoms with Gasteiger partial charge in [0, 0.05) is 5.41 Å². The van der Waals surface area contributed by atoms with Crippen LogP contribution in [0.2, 0.25) is 0 Å². The van der Waals surface area contributed by atoms with Crippen LogP contribution in [0.5, 0.6) is 0 Å². The maximum absolute atomic E-state index is 9.24. The predicted octanol–water partition coefficient (Wildman–Crippen LogP) is 2.29. The van der Waals surface area contributed by atoms with Crippen LogP contribution in [-0.4, -0.2) is 16.5 Å². The van der Waals surface area contributed by atoms with Crippen LogP contribution in [-0.2, 0) is 0 Å². The molecular weight excluding hydrogens is 152 g/mol. The third kappa shape index (κ3) is 2.76. The van der Waals surface area contributed by atoms with Gasteiger partial charge in [-0.05, 0) is 19.3 Å². The van der Waals surface area contributed by atoms with Gasteiger partial charge in [-0.2, -0.15) is 0 Å². The molecule has 12 heavy (non-hydrogen) atoms. The van der Waals surface area contributed by atoms with Crippen molar-refractivity contribution in [1.29, 1.82) is 0 Å². The summed E-state index contributed by atoms with van der Waals surface area (Å²) < 4.78 is 0. The van der Waals surface area contributed by atoms with E-state index in [9.17, 15) is 10.2 Å². The van der Waals surface area contributed by atoms with Gasteiger partial charge in [-0.3, -0.25) is 0 Å². The van der Waals surface area contributed by atoms with Gasteiger partial charge in [-0.1, -0.05) is 33.6 Å². The van der Waals surface area contributed by atoms with Gasteiger partial charge in [0.15, 0.2) is 6.29 Å². The molecule has 0 aliphatic carbocycles. The van der Waals surface area contributed by atoms with E-state index < -0.39 is 6.29 Å². The molecule has 0 aromatic rings. The molecule has 0 aliphatic rings. The molecule has 0 rings (SSSR count). The Balaban J connectivity index is 4.15. The third-order valence-corrected chi connectivity index (χ3v) is 2.98. The van der Waals surface area contributed by atoms with Crippen LogP contribution < -0.4 is 0 Å². The zero-order chi connectivity index (χ0) is 9.61. The van der Waals surface area contributed by atoms with E-state index in [1.165, 1.54) is 0 Å². The Hall–Kier alpha value is -0.0800. The van der Waals surface area contributed by atoms with Gasteiger partial charge in [-0.15, -0.1) is 0 Å². The van der Waals surface area contributed by atoms with Gasteiger partial charge in [0.2, 0.25) is 0 Å². The Kier molecular flexibility index (Phi) is 5.51. The normalized spacial score (nSPS) is 12.5. The Labute approximate surface area is 75.6 Å². The molecule has 0 radical (unpaired) electrons. The van der Waals surface area contributed by atoms with Crippen LogP contribution in [0.25, 0.3) is 0 Å². The molecule has 0 unspecified atom stereocenters. The molecule has 2 heteroatoms. The Morgan fingerprint density at radius 1 is 1.08 bits per heavy atom. The maximum Gasteiger partial charge on any atom is 0.157 e. The molecule has 0 aromatic heterocycles. The van der Waals surface area contributed by atoms with Gasteiger partial charge in [0.05, 0.1) is 0 Å². The molecule has 0 bridgehead atoms. The van der Waals surface area contributed by atoms with Gasteiger partial charge in [0.25, 0.3) is 0 Å². The van der Waals surface area contributed by atoms with Crippen LogP contribution in [0.1, 0.15) is 52.9 Å². The molecule has 2 N–H and O–H groups in total. The summed E-state index contributed by atoms with van der Waals surface area (Å²) in [6.07, 6.45) is 3.67. The highest BCUT2D eigenvalue weighted by Gasteiger charge is 2.32. The molecule has 0 saturated heterocycles. The lowest BCUT2D eigenvalue weighted by molar-refractivity contribution is -0.142. The number of unbranched alkanes of at least 4 members (excludes halogenated alkanes) is 1. The summed E-state index contributed by atoms with van der Waals surface area (Å²) in [5.74, 6) is 0. The fourth-order valence-electron chi connectivity index (χ4n) is 1.63. The number of hydrogen-bond donors (Lipinski definition) is 2. The Morgan fingerprint density at radius 2 is 1.58 bits per heavy atom. The Morgan fingerprint density at radius 3 is 1.83 bits per heavy atom. The van der Waals surface area contributed by atoms with Crippen molar-refractivity contribution in [3.8, 4) is 0 Å². The summed E-state index contributed by atoms with van der Waals surface area (Å²) in [5.41, 5.74) is -0.254. The largest absolute Gasteiger partial charge is 0.368 e. The molecule has 74 valence electrons. The predicted molar refractivity (Wildman–Crippen MR) is 50.8 cm³/mol. The average Bonchev–Trinajstić information content (AvgIpc) is 2.07. The molecule has 0 saturated carbocycles. The SMILES string of the molecule is CCCCC(CC)(CC)C(O)O. The van der Waals surface area contributed by atoms with Gasteiger partial charge in [-0.25, -0.2) is 0 Å². The highest BCUT2D eigenvalue weighted by atomic mass is 16.5. The third-order valence-electron chi connectivity index (χ3n) is 2.98. The minimum Gasteiger partial charge on any atom is -0.368 e. The number of aliphatic hydroxyl groups excluding tert-OH is 1. The molecular formula is C10H22O2. The summed E-state index contributed by atoms with van der Waals surface area (Å²) in [7, 11) is 0. The van der Waals surface area contributed by atoms with Gasteiger partial charge in [0.1, 0.15) is 0 Å². The fourth-order valence-corrected chi connectivity index (χ4v) is 1.63. The topological polar surface area (TPSA) is 40.5 Å². The zero-order valence-corrected chi connectivity index (χ0v) is 8.51. The summed E-state index contributed by atoms with van der Waals surface area (Å²) >= 11 is 0. The standard InChI is InChI=1S/C10H22O2/c1-4-7-8-10(5-2,6-3)9(11)12/h9,11-12H,4-8H2,1-3H3. The van der Waals surface area contributed by atoms with Gasteiger partial charge < -0.3 is 10.2 Å². The van der Waals surface area contributed by atoms with E-state index >= 15 is 0 Å². The molecule has 0 amide bonds. The lowest BCUT2D eigenvalue weighted by atomic mass is 9.77. The maximum atomic E-state index is 9.24. The molecule has 0 fully saturated rings. The second-order valence-electron chi connectivity index (χ2n) is 3.55. The number of rotatable bonds is 6. The zero-order valence-electron chi connectivity index (χ0n) is 8.51. The second kappa shape index (κ2) is 5.55. The van der Waals surface area contributed by atoms with E-state index in [2.05, 4.69) is 6.92 Å². The molecule has 0 spiro atoms. The van der Waals surface area contributed by atoms with E-state index in [1.807, 2.05) is 13.8 Å². The molecule has 0 heterocycles. The minimum atomic E-state index is -1.15. The van der Waals surface area contributed by atoms with E-state index in [0.29, 0.717) is 0 Å². The van der Waals surface area contributed by atoms with Crippen molar-refractivity contribution in [3.05, 3.63) is 0 Å². The van der Waals surface area contributed by atoms with Crippen molar-refractivity contribution in [3.63, 3.8) is 0 Å². The monoisotopic (exact) mass is 174 g/mol. The van der Waals surface area contributed by atoms with Crippen molar-refractivity contribution in [1.82, 2.24) is 0 Å². The highest BCUT2D eigenvalue weighted by Crippen LogP contribution is 2.35. The number of aliphatic hydroxyl groups is 2. The van der Waals surface area contributed by atoms with Crippen LogP contribution in [0.15, 0.2) is 0 Å². The van der Waals surface area contributed by atoms with Crippen molar-refractivity contribution in [2.24, 2.45) is 5.41 Å². The van der Waals surface area contributed by atoms with Crippen molar-refractivity contribution >= 4 is 0 Å². The average molecular weight is 174 g/mol. The summed E-state index contributed by atoms with van der Waals surface area (Å²) in [5, 5.41) is 18.5. The summed E-state index contributed by atoms with van der Waals surface area (Å²) in [6.45, 7) is 6.18. The summed E-state index contributed by atoms with van der Waals surface area (Å²) in [4.78, 5) is 0. The van der Waals surface area contributed by atoms with E-state index in [-0.39, 0.29) is 5.41 Å². The number of hydrogen-bond acceptors (Lipinski definition) is 2. The van der Waals surface area contributed by atoms with E-state index in [1.54, 1.807) is 0 Å². The van der Waals surface area contributed by atoms with E-state index in [0.717, 1.165) is 32.1 Å². The Bertz CT molecular complexity index is 106. The van der Waals surface area contributed by atoms with Crippen molar-refractivity contribution in [2.75, 3.05) is 0 Å². The molecule has 0 atom stereocenters. The molecule has 0 aliphatic heterocycles. The van der Waals surface area contributed by atoms with Crippen LogP contribution in [0.4, 0.5) is 0 Å². The highest BCUT2D eigenvalue weighted by molar-refractivity contribution is 4.78. The first kappa shape index (κ1) is 11.9. The van der Waals surface area contributed by atoms with Crippen LogP contribution in [0, 0.1) is 5.41 Å². The lowest BCUT2D eigenvalue weighted by Gasteiger charge is -2.33.